The van der Waals surface area contributed by atoms with E-state index in [-0.39, 0.29) is 10.8 Å². The molecule has 0 bridgehead atoms. The van der Waals surface area contributed by atoms with Gasteiger partial charge in [0.2, 0.25) is 10.0 Å². The molecule has 0 spiro atoms. The van der Waals surface area contributed by atoms with Gasteiger partial charge in [-0.3, -0.25) is 4.79 Å². The Morgan fingerprint density at radius 2 is 1.85 bits per heavy atom. The lowest BCUT2D eigenvalue weighted by Crippen LogP contribution is -2.21. The number of ether oxygens (including phenoxy) is 1. The highest BCUT2D eigenvalue weighted by molar-refractivity contribution is 9.10. The van der Waals surface area contributed by atoms with E-state index in [1.165, 1.54) is 29.3 Å². The van der Waals surface area contributed by atoms with Crippen molar-refractivity contribution in [3.05, 3.63) is 58.1 Å². The van der Waals surface area contributed by atoms with Gasteiger partial charge in [-0.15, -0.1) is 0 Å². The summed E-state index contributed by atoms with van der Waals surface area (Å²) in [5.41, 5.74) is 2.13. The van der Waals surface area contributed by atoms with E-state index in [1.54, 1.807) is 26.2 Å². The van der Waals surface area contributed by atoms with Crippen molar-refractivity contribution in [2.75, 3.05) is 12.1 Å². The molecule has 1 aliphatic heterocycles. The lowest BCUT2D eigenvalue weighted by atomic mass is 10.1. The lowest BCUT2D eigenvalue weighted by molar-refractivity contribution is -0.114. The molecule has 0 fully saturated rings. The molecule has 2 aromatic carbocycles. The highest BCUT2D eigenvalue weighted by atomic mass is 79.9. The van der Waals surface area contributed by atoms with Gasteiger partial charge in [0.25, 0.3) is 5.91 Å². The number of sulfonamides is 1. The predicted molar refractivity (Wildman–Crippen MR) is 107 cm³/mol. The van der Waals surface area contributed by atoms with Crippen molar-refractivity contribution in [1.82, 2.24) is 0 Å². The Labute approximate surface area is 165 Å². The number of hydrogen-bond donors (Lipinski definition) is 1. The van der Waals surface area contributed by atoms with Crippen LogP contribution in [0.1, 0.15) is 12.5 Å². The highest BCUT2D eigenvalue weighted by Crippen LogP contribution is 2.29. The molecule has 7 nitrogen and oxygen atoms in total. The van der Waals surface area contributed by atoms with Crippen LogP contribution in [-0.4, -0.2) is 27.1 Å². The monoisotopic (exact) mass is 449 g/mol. The molecule has 1 amide bonds. The Kier molecular flexibility index (Phi) is 5.18. The summed E-state index contributed by atoms with van der Waals surface area (Å²) in [6.07, 6.45) is 1.71. The van der Waals surface area contributed by atoms with Crippen molar-refractivity contribution in [2.45, 2.75) is 11.8 Å². The molecule has 1 heterocycles. The van der Waals surface area contributed by atoms with Crippen LogP contribution in [0.4, 0.5) is 5.69 Å². The number of anilines is 1. The maximum Gasteiger partial charge on any atom is 0.280 e. The number of nitrogens with zero attached hydrogens (tertiary/aromatic N) is 2. The van der Waals surface area contributed by atoms with E-state index in [9.17, 15) is 13.2 Å². The van der Waals surface area contributed by atoms with Gasteiger partial charge in [-0.1, -0.05) is 15.9 Å². The van der Waals surface area contributed by atoms with Crippen LogP contribution < -0.4 is 14.9 Å². The summed E-state index contributed by atoms with van der Waals surface area (Å²) in [6, 6.07) is 11.1. The summed E-state index contributed by atoms with van der Waals surface area (Å²) < 4.78 is 28.9. The first-order chi connectivity index (χ1) is 12.7. The maximum absolute atomic E-state index is 12.8. The molecular weight excluding hydrogens is 434 g/mol. The first-order valence-electron chi connectivity index (χ1n) is 7.79. The second-order valence-corrected chi connectivity index (χ2v) is 8.26. The third-order valence-corrected chi connectivity index (χ3v) is 5.39. The summed E-state index contributed by atoms with van der Waals surface area (Å²) in [6.45, 7) is 1.73. The normalized spacial score (nSPS) is 16.0. The molecule has 0 radical (unpaired) electrons. The zero-order chi connectivity index (χ0) is 19.8. The smallest absolute Gasteiger partial charge is 0.280 e. The minimum atomic E-state index is -3.80. The Morgan fingerprint density at radius 3 is 2.44 bits per heavy atom. The van der Waals surface area contributed by atoms with Crippen molar-refractivity contribution in [3.8, 4) is 5.75 Å². The second-order valence-electron chi connectivity index (χ2n) is 5.79. The fraction of sp³-hybridized carbons (Fsp3) is 0.111. The zero-order valence-electron chi connectivity index (χ0n) is 14.5. The van der Waals surface area contributed by atoms with E-state index >= 15 is 0 Å². The maximum atomic E-state index is 12.8. The summed E-state index contributed by atoms with van der Waals surface area (Å²) in [5.74, 6) is 0.306. The van der Waals surface area contributed by atoms with E-state index in [1.807, 2.05) is 12.1 Å². The number of benzene rings is 2. The molecule has 0 atom stereocenters. The summed E-state index contributed by atoms with van der Waals surface area (Å²) >= 11 is 3.41. The van der Waals surface area contributed by atoms with Crippen molar-refractivity contribution in [3.63, 3.8) is 0 Å². The minimum absolute atomic E-state index is 0.0340. The molecule has 140 valence electrons. The van der Waals surface area contributed by atoms with Gasteiger partial charge in [-0.25, -0.2) is 13.6 Å². The number of nitrogens with two attached hydrogens (primary N) is 1. The Bertz CT molecular complexity index is 1080. The first kappa shape index (κ1) is 19.3. The van der Waals surface area contributed by atoms with Gasteiger partial charge in [0, 0.05) is 10.0 Å². The second kappa shape index (κ2) is 7.26. The van der Waals surface area contributed by atoms with Crippen LogP contribution in [0.2, 0.25) is 0 Å². The molecule has 0 saturated carbocycles. The standard InChI is InChI=1S/C18H16BrN3O4S/c1-11-16(10-12-9-13(19)3-8-17(12)26-2)18(23)22(21-11)14-4-6-15(7-5-14)27(20,24)25/h3-10H,1-2H3,(H2,20,24,25)/b16-10-. The van der Waals surface area contributed by atoms with Crippen LogP contribution in [0.5, 0.6) is 5.75 Å². The van der Waals surface area contributed by atoms with Crippen LogP contribution in [0, 0.1) is 0 Å². The fourth-order valence-corrected chi connectivity index (χ4v) is 3.50. The van der Waals surface area contributed by atoms with Crippen molar-refractivity contribution in [1.29, 1.82) is 0 Å². The van der Waals surface area contributed by atoms with E-state index in [0.29, 0.717) is 22.7 Å². The lowest BCUT2D eigenvalue weighted by Gasteiger charge is -2.12. The van der Waals surface area contributed by atoms with Crippen LogP contribution in [-0.2, 0) is 14.8 Å². The fourth-order valence-electron chi connectivity index (χ4n) is 2.61. The molecule has 0 unspecified atom stereocenters. The minimum Gasteiger partial charge on any atom is -0.496 e. The van der Waals surface area contributed by atoms with E-state index in [2.05, 4.69) is 21.0 Å². The first-order valence-corrected chi connectivity index (χ1v) is 10.1. The van der Waals surface area contributed by atoms with Gasteiger partial charge >= 0.3 is 0 Å². The van der Waals surface area contributed by atoms with Gasteiger partial charge < -0.3 is 4.74 Å². The molecule has 1 aliphatic rings. The number of rotatable bonds is 4. The largest absolute Gasteiger partial charge is 0.496 e. The van der Waals surface area contributed by atoms with Gasteiger partial charge in [0.1, 0.15) is 5.75 Å². The van der Waals surface area contributed by atoms with Crippen LogP contribution in [0.3, 0.4) is 0 Å². The molecule has 3 rings (SSSR count). The van der Waals surface area contributed by atoms with Crippen LogP contribution >= 0.6 is 15.9 Å². The summed E-state index contributed by atoms with van der Waals surface area (Å²) in [4.78, 5) is 12.8. The number of hydrogen-bond acceptors (Lipinski definition) is 5. The number of methoxy groups -OCH3 is 1. The topological polar surface area (TPSA) is 102 Å². The quantitative estimate of drug-likeness (QED) is 0.724. The number of hydrazone groups is 1. The van der Waals surface area contributed by atoms with Crippen molar-refractivity contribution in [2.24, 2.45) is 10.2 Å². The molecule has 0 aliphatic carbocycles. The highest BCUT2D eigenvalue weighted by Gasteiger charge is 2.29. The number of carbonyl (C=O) groups is 1. The molecule has 0 saturated heterocycles. The number of amides is 1. The SMILES string of the molecule is COc1ccc(Br)cc1/C=C1\C(=O)N(c2ccc(S(N)(=O)=O)cc2)N=C1C. The van der Waals surface area contributed by atoms with Gasteiger partial charge in [0.05, 0.1) is 29.0 Å². The molecule has 0 aromatic heterocycles. The van der Waals surface area contributed by atoms with Gasteiger partial charge in [-0.2, -0.15) is 10.1 Å². The van der Waals surface area contributed by atoms with Gasteiger partial charge in [-0.05, 0) is 55.5 Å². The average Bonchev–Trinajstić information content (AvgIpc) is 2.89. The van der Waals surface area contributed by atoms with Gasteiger partial charge in [0.15, 0.2) is 0 Å². The van der Waals surface area contributed by atoms with Crippen molar-refractivity contribution >= 4 is 49.3 Å². The number of primary sulfonamides is 1. The van der Waals surface area contributed by atoms with Crippen molar-refractivity contribution < 1.29 is 17.9 Å². The Morgan fingerprint density at radius 1 is 1.19 bits per heavy atom. The van der Waals surface area contributed by atoms with Crippen LogP contribution in [0.15, 0.2) is 62.5 Å². The third-order valence-electron chi connectivity index (χ3n) is 3.96. The predicted octanol–water partition coefficient (Wildman–Crippen LogP) is 2.91. The van der Waals surface area contributed by atoms with E-state index in [0.717, 1.165) is 10.0 Å². The summed E-state index contributed by atoms with van der Waals surface area (Å²) in [5, 5.41) is 10.6. The van der Waals surface area contributed by atoms with E-state index < -0.39 is 10.0 Å². The summed E-state index contributed by atoms with van der Waals surface area (Å²) in [7, 11) is -2.24. The number of carbonyl (C=O) groups excluding carboxylic acids is 1. The van der Waals surface area contributed by atoms with E-state index in [4.69, 9.17) is 9.88 Å². The third kappa shape index (κ3) is 3.95. The molecule has 9 heteroatoms. The molecular formula is C18H16BrN3O4S. The molecule has 27 heavy (non-hydrogen) atoms. The van der Waals surface area contributed by atoms with Crippen LogP contribution in [0.25, 0.3) is 6.08 Å². The number of halogens is 1. The Hall–Kier alpha value is -2.49. The average molecular weight is 450 g/mol. The zero-order valence-corrected chi connectivity index (χ0v) is 16.9. The molecule has 2 N–H and O–H groups in total. The Balaban J connectivity index is 1.96. The molecule has 2 aromatic rings.